The highest BCUT2D eigenvalue weighted by Gasteiger charge is 2.32. The Bertz CT molecular complexity index is 469. The van der Waals surface area contributed by atoms with Gasteiger partial charge < -0.3 is 4.90 Å². The number of likely N-dealkylation sites (tertiary alicyclic amines) is 1. The van der Waals surface area contributed by atoms with E-state index in [9.17, 15) is 4.79 Å². The first kappa shape index (κ1) is 12.4. The molecule has 1 aromatic heterocycles. The molecule has 1 fully saturated rings. The summed E-state index contributed by atoms with van der Waals surface area (Å²) in [5, 5.41) is 3.54. The largest absolute Gasteiger partial charge is 0.334 e. The molecular formula is C12H15N5O. The van der Waals surface area contributed by atoms with E-state index >= 15 is 0 Å². The lowest BCUT2D eigenvalue weighted by Gasteiger charge is -2.24. The van der Waals surface area contributed by atoms with Crippen LogP contribution in [0.1, 0.15) is 25.1 Å². The molecule has 18 heavy (non-hydrogen) atoms. The number of pyridine rings is 1. The van der Waals surface area contributed by atoms with Crippen LogP contribution in [0, 0.1) is 5.92 Å². The maximum atomic E-state index is 11.9. The lowest BCUT2D eigenvalue weighted by atomic mass is 10.1. The molecule has 2 heterocycles. The van der Waals surface area contributed by atoms with Crippen molar-refractivity contribution < 1.29 is 4.79 Å². The molecule has 0 bridgehead atoms. The van der Waals surface area contributed by atoms with Gasteiger partial charge in [-0.25, -0.2) is 0 Å². The van der Waals surface area contributed by atoms with E-state index < -0.39 is 0 Å². The molecule has 1 aromatic rings. The Balaban J connectivity index is 2.05. The molecule has 1 aliphatic rings. The molecule has 2 rings (SSSR count). The van der Waals surface area contributed by atoms with Gasteiger partial charge in [0.1, 0.15) is 0 Å². The first-order chi connectivity index (χ1) is 8.72. The zero-order valence-corrected chi connectivity index (χ0v) is 10.2. The molecule has 94 valence electrons. The van der Waals surface area contributed by atoms with Crippen LogP contribution in [0.15, 0.2) is 29.5 Å². The number of hydrogen-bond acceptors (Lipinski definition) is 3. The van der Waals surface area contributed by atoms with Crippen molar-refractivity contribution in [2.45, 2.75) is 19.4 Å². The van der Waals surface area contributed by atoms with Crippen LogP contribution in [0.4, 0.5) is 0 Å². The van der Waals surface area contributed by atoms with Gasteiger partial charge >= 0.3 is 0 Å². The fraction of sp³-hybridized carbons (Fsp3) is 0.500. The van der Waals surface area contributed by atoms with Crippen molar-refractivity contribution in [1.82, 2.24) is 9.88 Å². The fourth-order valence-corrected chi connectivity index (χ4v) is 2.24. The highest BCUT2D eigenvalue weighted by Crippen LogP contribution is 2.27. The second-order valence-electron chi connectivity index (χ2n) is 4.46. The van der Waals surface area contributed by atoms with Crippen LogP contribution in [0.2, 0.25) is 0 Å². The molecule has 0 aliphatic carbocycles. The average molecular weight is 245 g/mol. The Hall–Kier alpha value is -2.07. The van der Waals surface area contributed by atoms with Gasteiger partial charge in [0.25, 0.3) is 0 Å². The van der Waals surface area contributed by atoms with E-state index in [0.717, 1.165) is 5.69 Å². The van der Waals surface area contributed by atoms with E-state index in [4.69, 9.17) is 5.53 Å². The molecule has 0 saturated carbocycles. The van der Waals surface area contributed by atoms with Gasteiger partial charge in [-0.3, -0.25) is 9.78 Å². The molecule has 6 heteroatoms. The number of carbonyl (C=O) groups is 1. The van der Waals surface area contributed by atoms with Crippen molar-refractivity contribution >= 4 is 5.91 Å². The zero-order valence-electron chi connectivity index (χ0n) is 10.2. The molecule has 2 atom stereocenters. The molecule has 1 amide bonds. The predicted molar refractivity (Wildman–Crippen MR) is 66.5 cm³/mol. The van der Waals surface area contributed by atoms with Crippen LogP contribution in [-0.4, -0.2) is 28.9 Å². The molecule has 1 aliphatic heterocycles. The number of rotatable bonds is 4. The highest BCUT2D eigenvalue weighted by molar-refractivity contribution is 5.79. The van der Waals surface area contributed by atoms with Crippen molar-refractivity contribution in [3.05, 3.63) is 40.5 Å². The van der Waals surface area contributed by atoms with E-state index in [2.05, 4.69) is 15.0 Å². The Morgan fingerprint density at radius 2 is 2.50 bits per heavy atom. The second-order valence-corrected chi connectivity index (χ2v) is 4.46. The van der Waals surface area contributed by atoms with E-state index in [0.29, 0.717) is 19.5 Å². The predicted octanol–water partition coefficient (Wildman–Crippen LogP) is 2.30. The SMILES string of the molecule is CC(c1ccccn1)N1CC(CN=[N+]=[N-])CC1=O. The lowest BCUT2D eigenvalue weighted by molar-refractivity contribution is -0.129. The highest BCUT2D eigenvalue weighted by atomic mass is 16.2. The maximum absolute atomic E-state index is 11.9. The van der Waals surface area contributed by atoms with Crippen molar-refractivity contribution in [1.29, 1.82) is 0 Å². The van der Waals surface area contributed by atoms with Crippen LogP contribution in [-0.2, 0) is 4.79 Å². The standard InChI is InChI=1S/C12H15N5O/c1-9(11-4-2-3-5-14-11)17-8-10(6-12(17)18)7-15-16-13/h2-5,9-10H,6-8H2,1H3. The van der Waals surface area contributed by atoms with E-state index in [-0.39, 0.29) is 17.9 Å². The van der Waals surface area contributed by atoms with E-state index in [1.165, 1.54) is 0 Å². The Morgan fingerprint density at radius 1 is 1.67 bits per heavy atom. The Kier molecular flexibility index (Phi) is 3.79. The Labute approximate surface area is 105 Å². The van der Waals surface area contributed by atoms with E-state index in [1.807, 2.05) is 25.1 Å². The van der Waals surface area contributed by atoms with Gasteiger partial charge in [0, 0.05) is 30.6 Å². The molecule has 0 spiro atoms. The topological polar surface area (TPSA) is 82.0 Å². The molecule has 1 saturated heterocycles. The van der Waals surface area contributed by atoms with Gasteiger partial charge in [0.05, 0.1) is 11.7 Å². The molecule has 6 nitrogen and oxygen atoms in total. The minimum absolute atomic E-state index is 0.0326. The smallest absolute Gasteiger partial charge is 0.223 e. The third-order valence-corrected chi connectivity index (χ3v) is 3.22. The normalized spacial score (nSPS) is 20.6. The number of aromatic nitrogens is 1. The maximum Gasteiger partial charge on any atom is 0.223 e. The van der Waals surface area contributed by atoms with E-state index in [1.54, 1.807) is 11.1 Å². The quantitative estimate of drug-likeness (QED) is 0.463. The number of azide groups is 1. The molecule has 0 radical (unpaired) electrons. The third-order valence-electron chi connectivity index (χ3n) is 3.22. The summed E-state index contributed by atoms with van der Waals surface area (Å²) in [5.41, 5.74) is 9.18. The van der Waals surface area contributed by atoms with Gasteiger partial charge in [-0.05, 0) is 30.5 Å². The van der Waals surface area contributed by atoms with Crippen molar-refractivity contribution in [2.24, 2.45) is 11.0 Å². The summed E-state index contributed by atoms with van der Waals surface area (Å²) in [4.78, 5) is 20.7. The fourth-order valence-electron chi connectivity index (χ4n) is 2.24. The van der Waals surface area contributed by atoms with Crippen LogP contribution >= 0.6 is 0 Å². The summed E-state index contributed by atoms with van der Waals surface area (Å²) in [7, 11) is 0. The molecule has 2 unspecified atom stereocenters. The monoisotopic (exact) mass is 245 g/mol. The molecule has 0 aromatic carbocycles. The van der Waals surface area contributed by atoms with Gasteiger partial charge in [0.2, 0.25) is 5.91 Å². The first-order valence-corrected chi connectivity index (χ1v) is 5.93. The van der Waals surface area contributed by atoms with Gasteiger partial charge in [0.15, 0.2) is 0 Å². The molecular weight excluding hydrogens is 230 g/mol. The summed E-state index contributed by atoms with van der Waals surface area (Å²) in [6.45, 7) is 2.99. The minimum Gasteiger partial charge on any atom is -0.334 e. The van der Waals surface area contributed by atoms with Crippen LogP contribution < -0.4 is 0 Å². The summed E-state index contributed by atoms with van der Waals surface area (Å²) in [5.74, 6) is 0.228. The Morgan fingerprint density at radius 3 is 3.17 bits per heavy atom. The zero-order chi connectivity index (χ0) is 13.0. The summed E-state index contributed by atoms with van der Waals surface area (Å²) < 4.78 is 0. The van der Waals surface area contributed by atoms with Crippen LogP contribution in [0.3, 0.4) is 0 Å². The van der Waals surface area contributed by atoms with Gasteiger partial charge in [-0.15, -0.1) is 0 Å². The summed E-state index contributed by atoms with van der Waals surface area (Å²) >= 11 is 0. The van der Waals surface area contributed by atoms with Crippen molar-refractivity contribution in [3.63, 3.8) is 0 Å². The average Bonchev–Trinajstić information content (AvgIpc) is 2.78. The van der Waals surface area contributed by atoms with Gasteiger partial charge in [-0.2, -0.15) is 0 Å². The number of hydrogen-bond donors (Lipinski definition) is 0. The third kappa shape index (κ3) is 2.60. The molecule has 0 N–H and O–H groups in total. The van der Waals surface area contributed by atoms with Crippen LogP contribution in [0.5, 0.6) is 0 Å². The van der Waals surface area contributed by atoms with Crippen molar-refractivity contribution in [2.75, 3.05) is 13.1 Å². The van der Waals surface area contributed by atoms with Crippen LogP contribution in [0.25, 0.3) is 10.4 Å². The number of carbonyl (C=O) groups excluding carboxylic acids is 1. The second kappa shape index (κ2) is 5.51. The summed E-state index contributed by atoms with van der Waals surface area (Å²) in [6.07, 6.45) is 2.18. The lowest BCUT2D eigenvalue weighted by Crippen LogP contribution is -2.29. The summed E-state index contributed by atoms with van der Waals surface area (Å²) in [6, 6.07) is 5.65. The number of amides is 1. The van der Waals surface area contributed by atoms with Gasteiger partial charge in [-0.1, -0.05) is 11.2 Å². The number of nitrogens with zero attached hydrogens (tertiary/aromatic N) is 5. The van der Waals surface area contributed by atoms with Crippen molar-refractivity contribution in [3.8, 4) is 0 Å². The first-order valence-electron chi connectivity index (χ1n) is 5.93. The minimum atomic E-state index is -0.0326.